The SMILES string of the molecule is Cc1c(-c2ccccc2F)ccc(-c2c(F)c(Br)cc3ccccc23)c1C. The van der Waals surface area contributed by atoms with Gasteiger partial charge in [-0.1, -0.05) is 54.6 Å². The van der Waals surface area contributed by atoms with Crippen molar-refractivity contribution in [1.82, 2.24) is 0 Å². The molecule has 0 saturated carbocycles. The summed E-state index contributed by atoms with van der Waals surface area (Å²) < 4.78 is 29.8. The lowest BCUT2D eigenvalue weighted by atomic mass is 9.88. The van der Waals surface area contributed by atoms with Crippen LogP contribution in [0.4, 0.5) is 8.78 Å². The molecule has 0 N–H and O–H groups in total. The van der Waals surface area contributed by atoms with Crippen molar-refractivity contribution < 1.29 is 8.78 Å². The van der Waals surface area contributed by atoms with Crippen molar-refractivity contribution in [3.05, 3.63) is 94.0 Å². The van der Waals surface area contributed by atoms with Gasteiger partial charge >= 0.3 is 0 Å². The first-order valence-corrected chi connectivity index (χ1v) is 9.50. The molecular weight excluding hydrogens is 406 g/mol. The van der Waals surface area contributed by atoms with Gasteiger partial charge in [0.2, 0.25) is 0 Å². The Bertz CT molecular complexity index is 1180. The van der Waals surface area contributed by atoms with Crippen LogP contribution < -0.4 is 0 Å². The molecule has 0 aromatic heterocycles. The van der Waals surface area contributed by atoms with Crippen LogP contribution >= 0.6 is 15.9 Å². The molecule has 4 rings (SSSR count). The predicted octanol–water partition coefficient (Wildman–Crippen LogP) is 7.83. The van der Waals surface area contributed by atoms with Gasteiger partial charge < -0.3 is 0 Å². The summed E-state index contributed by atoms with van der Waals surface area (Å²) in [6.45, 7) is 3.92. The van der Waals surface area contributed by atoms with E-state index in [-0.39, 0.29) is 11.6 Å². The summed E-state index contributed by atoms with van der Waals surface area (Å²) in [6, 6.07) is 20.0. The van der Waals surface area contributed by atoms with E-state index in [4.69, 9.17) is 0 Å². The average Bonchev–Trinajstić information content (AvgIpc) is 2.66. The number of halogens is 3. The van der Waals surface area contributed by atoms with Crippen molar-refractivity contribution in [2.45, 2.75) is 13.8 Å². The number of fused-ring (bicyclic) bond motifs is 1. The fraction of sp³-hybridized carbons (Fsp3) is 0.0833. The molecule has 0 heterocycles. The molecule has 0 aliphatic rings. The van der Waals surface area contributed by atoms with Crippen LogP contribution in [0.3, 0.4) is 0 Å². The molecule has 0 nitrogen and oxygen atoms in total. The van der Waals surface area contributed by atoms with E-state index in [9.17, 15) is 4.39 Å². The monoisotopic (exact) mass is 422 g/mol. The van der Waals surface area contributed by atoms with E-state index in [1.54, 1.807) is 18.2 Å². The summed E-state index contributed by atoms with van der Waals surface area (Å²) in [7, 11) is 0. The van der Waals surface area contributed by atoms with Crippen molar-refractivity contribution >= 4 is 26.7 Å². The third kappa shape index (κ3) is 2.96. The van der Waals surface area contributed by atoms with Gasteiger partial charge in [0.05, 0.1) is 4.47 Å². The summed E-state index contributed by atoms with van der Waals surface area (Å²) in [6.07, 6.45) is 0. The largest absolute Gasteiger partial charge is 0.206 e. The van der Waals surface area contributed by atoms with Gasteiger partial charge in [-0.05, 0) is 74.9 Å². The molecule has 0 aliphatic carbocycles. The van der Waals surface area contributed by atoms with Crippen molar-refractivity contribution in [2.75, 3.05) is 0 Å². The fourth-order valence-corrected chi connectivity index (χ4v) is 4.06. The zero-order valence-corrected chi connectivity index (χ0v) is 16.6. The Labute approximate surface area is 165 Å². The normalized spacial score (nSPS) is 11.1. The molecule has 0 saturated heterocycles. The molecule has 4 aromatic carbocycles. The highest BCUT2D eigenvalue weighted by molar-refractivity contribution is 9.10. The summed E-state index contributed by atoms with van der Waals surface area (Å²) in [5.41, 5.74) is 4.67. The molecule has 0 radical (unpaired) electrons. The van der Waals surface area contributed by atoms with Gasteiger partial charge in [0.15, 0.2) is 0 Å². The molecule has 0 atom stereocenters. The van der Waals surface area contributed by atoms with Gasteiger partial charge in [0, 0.05) is 11.1 Å². The van der Waals surface area contributed by atoms with Gasteiger partial charge in [0.25, 0.3) is 0 Å². The fourth-order valence-electron chi connectivity index (χ4n) is 3.61. The van der Waals surface area contributed by atoms with Crippen LogP contribution in [-0.4, -0.2) is 0 Å². The lowest BCUT2D eigenvalue weighted by Gasteiger charge is -2.17. The lowest BCUT2D eigenvalue weighted by Crippen LogP contribution is -1.96. The number of hydrogen-bond donors (Lipinski definition) is 0. The Balaban J connectivity index is 2.00. The molecule has 4 aromatic rings. The van der Waals surface area contributed by atoms with Crippen LogP contribution in [0.5, 0.6) is 0 Å². The minimum atomic E-state index is -0.283. The van der Waals surface area contributed by atoms with Crippen LogP contribution in [0.1, 0.15) is 11.1 Å². The minimum absolute atomic E-state index is 0.258. The van der Waals surface area contributed by atoms with E-state index in [0.717, 1.165) is 33.0 Å². The van der Waals surface area contributed by atoms with E-state index in [2.05, 4.69) is 15.9 Å². The van der Waals surface area contributed by atoms with Crippen LogP contribution in [0.25, 0.3) is 33.0 Å². The van der Waals surface area contributed by atoms with Crippen LogP contribution in [0, 0.1) is 25.5 Å². The topological polar surface area (TPSA) is 0 Å². The Morgan fingerprint density at radius 3 is 2.11 bits per heavy atom. The molecule has 0 spiro atoms. The van der Waals surface area contributed by atoms with Crippen molar-refractivity contribution in [1.29, 1.82) is 0 Å². The van der Waals surface area contributed by atoms with Crippen LogP contribution in [0.2, 0.25) is 0 Å². The molecule has 0 fully saturated rings. The Morgan fingerprint density at radius 2 is 1.33 bits per heavy atom. The van der Waals surface area contributed by atoms with E-state index in [1.807, 2.05) is 56.3 Å². The van der Waals surface area contributed by atoms with Crippen molar-refractivity contribution in [3.63, 3.8) is 0 Å². The van der Waals surface area contributed by atoms with E-state index in [0.29, 0.717) is 15.6 Å². The molecular formula is C24H17BrF2. The maximum atomic E-state index is 15.1. The molecule has 0 bridgehead atoms. The third-order valence-electron chi connectivity index (χ3n) is 5.16. The zero-order valence-electron chi connectivity index (χ0n) is 15.0. The first-order valence-electron chi connectivity index (χ1n) is 8.71. The third-order valence-corrected chi connectivity index (χ3v) is 5.74. The van der Waals surface area contributed by atoms with Crippen LogP contribution in [-0.2, 0) is 0 Å². The highest BCUT2D eigenvalue weighted by Gasteiger charge is 2.18. The molecule has 27 heavy (non-hydrogen) atoms. The van der Waals surface area contributed by atoms with Crippen LogP contribution in [0.15, 0.2) is 71.2 Å². The van der Waals surface area contributed by atoms with Crippen molar-refractivity contribution in [3.8, 4) is 22.3 Å². The lowest BCUT2D eigenvalue weighted by molar-refractivity contribution is 0.626. The standard InChI is InChI=1S/C24H17BrF2/c1-14-15(2)18(12-11-17(14)20-9-5-6-10-22(20)26)23-19-8-4-3-7-16(19)13-21(25)24(23)27/h3-13H,1-2H3. The molecule has 0 amide bonds. The van der Waals surface area contributed by atoms with Gasteiger partial charge in [0.1, 0.15) is 11.6 Å². The second-order valence-electron chi connectivity index (χ2n) is 6.66. The highest BCUT2D eigenvalue weighted by atomic mass is 79.9. The first kappa shape index (κ1) is 17.9. The van der Waals surface area contributed by atoms with Gasteiger partial charge in [-0.3, -0.25) is 0 Å². The van der Waals surface area contributed by atoms with Gasteiger partial charge in [-0.2, -0.15) is 0 Å². The Morgan fingerprint density at radius 1 is 0.704 bits per heavy atom. The van der Waals surface area contributed by atoms with Gasteiger partial charge in [-0.15, -0.1) is 0 Å². The number of benzene rings is 4. The second kappa shape index (κ2) is 6.90. The molecule has 0 unspecified atom stereocenters. The summed E-state index contributed by atoms with van der Waals surface area (Å²) in [4.78, 5) is 0. The van der Waals surface area contributed by atoms with Gasteiger partial charge in [-0.25, -0.2) is 8.78 Å². The maximum Gasteiger partial charge on any atom is 0.145 e. The summed E-state index contributed by atoms with van der Waals surface area (Å²) in [5, 5.41) is 1.83. The molecule has 0 aliphatic heterocycles. The second-order valence-corrected chi connectivity index (χ2v) is 7.51. The Kier molecular flexibility index (Phi) is 4.56. The maximum absolute atomic E-state index is 15.1. The van der Waals surface area contributed by atoms with E-state index >= 15 is 4.39 Å². The molecule has 134 valence electrons. The molecule has 3 heteroatoms. The zero-order chi connectivity index (χ0) is 19.1. The smallest absolute Gasteiger partial charge is 0.145 e. The quantitative estimate of drug-likeness (QED) is 0.308. The summed E-state index contributed by atoms with van der Waals surface area (Å²) in [5.74, 6) is -0.540. The Hall–Kier alpha value is -2.52. The average molecular weight is 423 g/mol. The summed E-state index contributed by atoms with van der Waals surface area (Å²) >= 11 is 3.34. The number of hydrogen-bond acceptors (Lipinski definition) is 0. The number of rotatable bonds is 2. The predicted molar refractivity (Wildman–Crippen MR) is 112 cm³/mol. The van der Waals surface area contributed by atoms with Crippen molar-refractivity contribution in [2.24, 2.45) is 0 Å². The minimum Gasteiger partial charge on any atom is -0.206 e. The first-order chi connectivity index (χ1) is 13.0. The van der Waals surface area contributed by atoms with E-state index in [1.165, 1.54) is 6.07 Å². The van der Waals surface area contributed by atoms with E-state index < -0.39 is 0 Å². The highest BCUT2D eigenvalue weighted by Crippen LogP contribution is 2.40.